The molecule has 4 aromatic rings. The van der Waals surface area contributed by atoms with E-state index in [0.717, 1.165) is 22.3 Å². The van der Waals surface area contributed by atoms with Gasteiger partial charge >= 0.3 is 0 Å². The Bertz CT molecular complexity index is 931. The SMILES string of the molecule is O=C(c1ccccc1)c1ccc(-c2cc3ccccc3o2)cc1. The van der Waals surface area contributed by atoms with Gasteiger partial charge in [-0.15, -0.1) is 0 Å². The van der Waals surface area contributed by atoms with Crippen LogP contribution in [0.15, 0.2) is 89.3 Å². The molecular weight excluding hydrogens is 284 g/mol. The lowest BCUT2D eigenvalue weighted by molar-refractivity contribution is 0.103. The average Bonchev–Trinajstić information content (AvgIpc) is 3.06. The number of carbonyl (C=O) groups is 1. The van der Waals surface area contributed by atoms with Gasteiger partial charge in [-0.05, 0) is 12.1 Å². The molecule has 0 saturated heterocycles. The van der Waals surface area contributed by atoms with Crippen LogP contribution >= 0.6 is 0 Å². The normalized spacial score (nSPS) is 10.8. The highest BCUT2D eigenvalue weighted by Crippen LogP contribution is 2.28. The Morgan fingerprint density at radius 2 is 1.35 bits per heavy atom. The van der Waals surface area contributed by atoms with Crippen molar-refractivity contribution in [3.05, 3.63) is 96.1 Å². The van der Waals surface area contributed by atoms with Crippen LogP contribution in [0.1, 0.15) is 15.9 Å². The van der Waals surface area contributed by atoms with Crippen LogP contribution in [0.3, 0.4) is 0 Å². The first-order valence-corrected chi connectivity index (χ1v) is 7.50. The van der Waals surface area contributed by atoms with E-state index >= 15 is 0 Å². The minimum atomic E-state index is 0.0294. The zero-order valence-corrected chi connectivity index (χ0v) is 12.4. The minimum Gasteiger partial charge on any atom is -0.456 e. The number of hydrogen-bond acceptors (Lipinski definition) is 2. The second-order valence-corrected chi connectivity index (χ2v) is 5.42. The van der Waals surface area contributed by atoms with E-state index in [9.17, 15) is 4.79 Å². The van der Waals surface area contributed by atoms with Gasteiger partial charge in [0.25, 0.3) is 0 Å². The summed E-state index contributed by atoms with van der Waals surface area (Å²) in [6, 6.07) is 26.8. The highest BCUT2D eigenvalue weighted by Gasteiger charge is 2.10. The topological polar surface area (TPSA) is 30.2 Å². The lowest BCUT2D eigenvalue weighted by Gasteiger charge is -2.02. The van der Waals surface area contributed by atoms with E-state index in [0.29, 0.717) is 11.1 Å². The molecule has 0 aliphatic heterocycles. The van der Waals surface area contributed by atoms with E-state index < -0.39 is 0 Å². The van der Waals surface area contributed by atoms with Crippen molar-refractivity contribution in [3.8, 4) is 11.3 Å². The Morgan fingerprint density at radius 1 is 0.696 bits per heavy atom. The first-order chi connectivity index (χ1) is 11.3. The summed E-state index contributed by atoms with van der Waals surface area (Å²) in [6.45, 7) is 0. The summed E-state index contributed by atoms with van der Waals surface area (Å²) < 4.78 is 5.85. The van der Waals surface area contributed by atoms with Crippen molar-refractivity contribution in [2.24, 2.45) is 0 Å². The highest BCUT2D eigenvalue weighted by atomic mass is 16.3. The molecule has 0 unspecified atom stereocenters. The zero-order chi connectivity index (χ0) is 15.6. The van der Waals surface area contributed by atoms with Crippen LogP contribution in [0.25, 0.3) is 22.3 Å². The molecule has 4 rings (SSSR count). The van der Waals surface area contributed by atoms with E-state index in [1.165, 1.54) is 0 Å². The third kappa shape index (κ3) is 2.55. The molecule has 3 aromatic carbocycles. The minimum absolute atomic E-state index is 0.0294. The molecule has 110 valence electrons. The molecule has 2 nitrogen and oxygen atoms in total. The molecule has 0 saturated carbocycles. The Morgan fingerprint density at radius 3 is 2.09 bits per heavy atom. The van der Waals surface area contributed by atoms with Gasteiger partial charge in [-0.25, -0.2) is 0 Å². The lowest BCUT2D eigenvalue weighted by Crippen LogP contribution is -2.00. The van der Waals surface area contributed by atoms with Crippen LogP contribution in [0, 0.1) is 0 Å². The average molecular weight is 298 g/mol. The third-order valence-corrected chi connectivity index (χ3v) is 3.89. The maximum absolute atomic E-state index is 12.4. The van der Waals surface area contributed by atoms with E-state index in [1.807, 2.05) is 84.9 Å². The predicted molar refractivity (Wildman–Crippen MR) is 91.5 cm³/mol. The van der Waals surface area contributed by atoms with Gasteiger partial charge in [0.15, 0.2) is 5.78 Å². The molecule has 0 radical (unpaired) electrons. The molecular formula is C21H14O2. The molecule has 0 aliphatic rings. The standard InChI is InChI=1S/C21H14O2/c22-21(16-6-2-1-3-7-16)17-12-10-15(11-13-17)20-14-18-8-4-5-9-19(18)23-20/h1-14H. The number of ketones is 1. The Balaban J connectivity index is 1.66. The summed E-state index contributed by atoms with van der Waals surface area (Å²) in [5, 5.41) is 1.08. The van der Waals surface area contributed by atoms with Crippen molar-refractivity contribution in [1.82, 2.24) is 0 Å². The van der Waals surface area contributed by atoms with Crippen LogP contribution in [-0.2, 0) is 0 Å². The molecule has 0 fully saturated rings. The van der Waals surface area contributed by atoms with Crippen molar-refractivity contribution < 1.29 is 9.21 Å². The van der Waals surface area contributed by atoms with Gasteiger partial charge in [-0.1, -0.05) is 72.8 Å². The van der Waals surface area contributed by atoms with Crippen LogP contribution < -0.4 is 0 Å². The first-order valence-electron chi connectivity index (χ1n) is 7.50. The maximum Gasteiger partial charge on any atom is 0.193 e. The Hall–Kier alpha value is -3.13. The number of carbonyl (C=O) groups excluding carboxylic acids is 1. The second-order valence-electron chi connectivity index (χ2n) is 5.42. The van der Waals surface area contributed by atoms with Gasteiger partial charge in [-0.2, -0.15) is 0 Å². The summed E-state index contributed by atoms with van der Waals surface area (Å²) in [7, 11) is 0. The van der Waals surface area contributed by atoms with Gasteiger partial charge in [0.2, 0.25) is 0 Å². The molecule has 0 amide bonds. The highest BCUT2D eigenvalue weighted by molar-refractivity contribution is 6.09. The van der Waals surface area contributed by atoms with Gasteiger partial charge < -0.3 is 4.42 Å². The Labute approximate surface area is 134 Å². The molecule has 0 atom stereocenters. The van der Waals surface area contributed by atoms with Crippen LogP contribution in [-0.4, -0.2) is 5.78 Å². The van der Waals surface area contributed by atoms with Crippen molar-refractivity contribution in [2.45, 2.75) is 0 Å². The van der Waals surface area contributed by atoms with Crippen LogP contribution in [0.4, 0.5) is 0 Å². The van der Waals surface area contributed by atoms with Gasteiger partial charge in [-0.3, -0.25) is 4.79 Å². The largest absolute Gasteiger partial charge is 0.456 e. The fourth-order valence-corrected chi connectivity index (χ4v) is 2.67. The second kappa shape index (κ2) is 5.58. The van der Waals surface area contributed by atoms with Gasteiger partial charge in [0.05, 0.1) is 0 Å². The molecule has 1 heterocycles. The van der Waals surface area contributed by atoms with E-state index in [2.05, 4.69) is 0 Å². The number of furan rings is 1. The zero-order valence-electron chi connectivity index (χ0n) is 12.4. The first kappa shape index (κ1) is 13.5. The van der Waals surface area contributed by atoms with Crippen molar-refractivity contribution in [1.29, 1.82) is 0 Å². The number of para-hydroxylation sites is 1. The quantitative estimate of drug-likeness (QED) is 0.478. The summed E-state index contributed by atoms with van der Waals surface area (Å²) >= 11 is 0. The van der Waals surface area contributed by atoms with Crippen LogP contribution in [0.2, 0.25) is 0 Å². The summed E-state index contributed by atoms with van der Waals surface area (Å²) in [4.78, 5) is 12.4. The molecule has 0 aliphatic carbocycles. The Kier molecular flexibility index (Phi) is 3.28. The van der Waals surface area contributed by atoms with Crippen molar-refractivity contribution in [3.63, 3.8) is 0 Å². The monoisotopic (exact) mass is 298 g/mol. The number of hydrogen-bond donors (Lipinski definition) is 0. The van der Waals surface area contributed by atoms with E-state index in [4.69, 9.17) is 4.42 Å². The number of rotatable bonds is 3. The fourth-order valence-electron chi connectivity index (χ4n) is 2.67. The molecule has 0 bridgehead atoms. The molecule has 0 spiro atoms. The van der Waals surface area contributed by atoms with Gasteiger partial charge in [0.1, 0.15) is 11.3 Å². The number of fused-ring (bicyclic) bond motifs is 1. The van der Waals surface area contributed by atoms with Gasteiger partial charge in [0, 0.05) is 22.1 Å². The smallest absolute Gasteiger partial charge is 0.193 e. The fraction of sp³-hybridized carbons (Fsp3) is 0. The van der Waals surface area contributed by atoms with Crippen molar-refractivity contribution >= 4 is 16.8 Å². The summed E-state index contributed by atoms with van der Waals surface area (Å²) in [6.07, 6.45) is 0. The van der Waals surface area contributed by atoms with Crippen molar-refractivity contribution in [2.75, 3.05) is 0 Å². The lowest BCUT2D eigenvalue weighted by atomic mass is 10.0. The third-order valence-electron chi connectivity index (χ3n) is 3.89. The van der Waals surface area contributed by atoms with E-state index in [-0.39, 0.29) is 5.78 Å². The van der Waals surface area contributed by atoms with Crippen LogP contribution in [0.5, 0.6) is 0 Å². The maximum atomic E-state index is 12.4. The van der Waals surface area contributed by atoms with E-state index in [1.54, 1.807) is 0 Å². The molecule has 0 N–H and O–H groups in total. The predicted octanol–water partition coefficient (Wildman–Crippen LogP) is 5.33. The summed E-state index contributed by atoms with van der Waals surface area (Å²) in [5.74, 6) is 0.840. The number of benzene rings is 3. The summed E-state index contributed by atoms with van der Waals surface area (Å²) in [5.41, 5.74) is 3.21. The molecule has 23 heavy (non-hydrogen) atoms. The molecule has 1 aromatic heterocycles. The molecule has 2 heteroatoms.